The molecule has 2 heterocycles. The van der Waals surface area contributed by atoms with Crippen LogP contribution in [0.1, 0.15) is 56.2 Å². The Morgan fingerprint density at radius 2 is 1.84 bits per heavy atom. The van der Waals surface area contributed by atoms with Crippen molar-refractivity contribution in [2.24, 2.45) is 0 Å². The van der Waals surface area contributed by atoms with Crippen molar-refractivity contribution >= 4 is 40.1 Å². The molecule has 0 aliphatic carbocycles. The van der Waals surface area contributed by atoms with Crippen LogP contribution in [0.3, 0.4) is 0 Å². The minimum Gasteiger partial charge on any atom is -0.462 e. The summed E-state index contributed by atoms with van der Waals surface area (Å²) in [5.74, 6) is -1.40. The summed E-state index contributed by atoms with van der Waals surface area (Å²) in [6.45, 7) is 9.57. The monoisotopic (exact) mass is 507 g/mol. The number of aromatic amines is 1. The number of H-pyrrole nitrogens is 1. The topological polar surface area (TPSA) is 101 Å². The van der Waals surface area contributed by atoms with Crippen LogP contribution < -0.4 is 5.32 Å². The number of fused-ring (bicyclic) bond motifs is 3. The molecule has 0 radical (unpaired) electrons. The van der Waals surface area contributed by atoms with Gasteiger partial charge in [0, 0.05) is 40.3 Å². The van der Waals surface area contributed by atoms with Crippen LogP contribution in [-0.4, -0.2) is 47.1 Å². The minimum absolute atomic E-state index is 0.160. The predicted molar refractivity (Wildman–Crippen MR) is 139 cm³/mol. The van der Waals surface area contributed by atoms with Crippen LogP contribution in [0.2, 0.25) is 0 Å². The van der Waals surface area contributed by atoms with E-state index in [1.54, 1.807) is 26.8 Å². The van der Waals surface area contributed by atoms with Crippen LogP contribution in [0.5, 0.6) is 0 Å². The molecule has 0 fully saturated rings. The van der Waals surface area contributed by atoms with E-state index in [4.69, 9.17) is 9.47 Å². The van der Waals surface area contributed by atoms with Gasteiger partial charge in [0.25, 0.3) is 5.91 Å². The molecule has 0 saturated carbocycles. The highest BCUT2D eigenvalue weighted by atomic mass is 19.1. The molecular weight excluding hydrogens is 477 g/mol. The van der Waals surface area contributed by atoms with Gasteiger partial charge in [-0.05, 0) is 68.8 Å². The third-order valence-corrected chi connectivity index (χ3v) is 6.03. The number of hydrogen-bond donors (Lipinski definition) is 2. The first-order valence-electron chi connectivity index (χ1n) is 12.1. The molecule has 9 heteroatoms. The summed E-state index contributed by atoms with van der Waals surface area (Å²) in [7, 11) is 0. The Kier molecular flexibility index (Phi) is 7.07. The molecule has 2 aromatic carbocycles. The second kappa shape index (κ2) is 10.1. The highest BCUT2D eigenvalue weighted by Gasteiger charge is 2.37. The maximum Gasteiger partial charge on any atom is 0.411 e. The SMILES string of the molecule is CCOC(=O)C1=CN(C(=O)c2ccc(F)cc2)CC(C)(C)c2c1[nH]c1ccc(NC(=O)OC(C)C)cc21. The van der Waals surface area contributed by atoms with E-state index in [0.29, 0.717) is 16.9 Å². The summed E-state index contributed by atoms with van der Waals surface area (Å²) >= 11 is 0. The Morgan fingerprint density at radius 3 is 2.49 bits per heavy atom. The summed E-state index contributed by atoms with van der Waals surface area (Å²) in [5.41, 5.74) is 2.48. The maximum absolute atomic E-state index is 13.5. The summed E-state index contributed by atoms with van der Waals surface area (Å²) in [4.78, 5) is 43.5. The van der Waals surface area contributed by atoms with E-state index in [0.717, 1.165) is 16.5 Å². The Morgan fingerprint density at radius 1 is 1.14 bits per heavy atom. The van der Waals surface area contributed by atoms with Crippen LogP contribution in [0.15, 0.2) is 48.7 Å². The van der Waals surface area contributed by atoms with Crippen LogP contribution in [0.4, 0.5) is 14.9 Å². The fourth-order valence-corrected chi connectivity index (χ4v) is 4.56. The lowest BCUT2D eigenvalue weighted by molar-refractivity contribution is -0.136. The molecule has 2 N–H and O–H groups in total. The molecule has 0 bridgehead atoms. The minimum atomic E-state index is -0.634. The highest BCUT2D eigenvalue weighted by molar-refractivity contribution is 6.18. The maximum atomic E-state index is 13.5. The zero-order valence-corrected chi connectivity index (χ0v) is 21.5. The van der Waals surface area contributed by atoms with Gasteiger partial charge >= 0.3 is 12.1 Å². The fourth-order valence-electron chi connectivity index (χ4n) is 4.56. The quantitative estimate of drug-likeness (QED) is 0.438. The first-order chi connectivity index (χ1) is 17.5. The first-order valence-corrected chi connectivity index (χ1v) is 12.1. The van der Waals surface area contributed by atoms with E-state index in [2.05, 4.69) is 10.3 Å². The second-order valence-electron chi connectivity index (χ2n) is 9.80. The van der Waals surface area contributed by atoms with E-state index >= 15 is 0 Å². The predicted octanol–water partition coefficient (Wildman–Crippen LogP) is 5.60. The van der Waals surface area contributed by atoms with Gasteiger partial charge in [-0.1, -0.05) is 13.8 Å². The lowest BCUT2D eigenvalue weighted by Gasteiger charge is -2.29. The van der Waals surface area contributed by atoms with Gasteiger partial charge in [0.2, 0.25) is 0 Å². The molecule has 2 amide bonds. The number of ether oxygens (including phenoxy) is 2. The summed E-state index contributed by atoms with van der Waals surface area (Å²) in [5, 5.41) is 3.52. The zero-order valence-electron chi connectivity index (χ0n) is 21.5. The van der Waals surface area contributed by atoms with Gasteiger partial charge in [-0.2, -0.15) is 0 Å². The standard InChI is InChI=1S/C28H30FN3O5/c1-6-36-26(34)21-14-32(25(33)17-7-9-18(29)10-8-17)15-28(4,5)23-20-13-19(30-27(35)37-16(2)3)11-12-22(20)31-24(21)23/h7-14,16,31H,6,15H2,1-5H3,(H,30,35). The van der Waals surface area contributed by atoms with Crippen molar-refractivity contribution in [2.75, 3.05) is 18.5 Å². The first kappa shape index (κ1) is 25.9. The van der Waals surface area contributed by atoms with E-state index < -0.39 is 23.3 Å². The molecule has 1 aliphatic heterocycles. The van der Waals surface area contributed by atoms with E-state index in [9.17, 15) is 18.8 Å². The molecule has 0 atom stereocenters. The molecule has 0 saturated heterocycles. The Balaban J connectivity index is 1.83. The Hall–Kier alpha value is -4.14. The van der Waals surface area contributed by atoms with Crippen molar-refractivity contribution < 1.29 is 28.2 Å². The lowest BCUT2D eigenvalue weighted by Crippen LogP contribution is -2.37. The van der Waals surface area contributed by atoms with Crippen LogP contribution in [-0.2, 0) is 19.7 Å². The number of carbonyl (C=O) groups excluding carboxylic acids is 3. The molecule has 4 rings (SSSR count). The largest absolute Gasteiger partial charge is 0.462 e. The van der Waals surface area contributed by atoms with Gasteiger partial charge in [0.05, 0.1) is 24.0 Å². The van der Waals surface area contributed by atoms with E-state index in [1.165, 1.54) is 35.4 Å². The average molecular weight is 508 g/mol. The summed E-state index contributed by atoms with van der Waals surface area (Å²) in [6.07, 6.45) is 0.651. The number of carbonyl (C=O) groups is 3. The molecule has 8 nitrogen and oxygen atoms in total. The number of hydrogen-bond acceptors (Lipinski definition) is 5. The molecular formula is C28H30FN3O5. The molecule has 1 aromatic heterocycles. The van der Waals surface area contributed by atoms with Crippen LogP contribution in [0.25, 0.3) is 16.5 Å². The normalized spacial score (nSPS) is 14.6. The molecule has 1 aliphatic rings. The van der Waals surface area contributed by atoms with Gasteiger partial charge in [-0.3, -0.25) is 10.1 Å². The Bertz CT molecular complexity index is 1390. The molecule has 3 aromatic rings. The number of nitrogens with one attached hydrogen (secondary N) is 2. The number of aromatic nitrogens is 1. The van der Waals surface area contributed by atoms with Crippen LogP contribution >= 0.6 is 0 Å². The molecule has 194 valence electrons. The van der Waals surface area contributed by atoms with Crippen molar-refractivity contribution in [3.05, 3.63) is 71.3 Å². The zero-order chi connectivity index (χ0) is 26.9. The molecule has 37 heavy (non-hydrogen) atoms. The number of esters is 1. The van der Waals surface area contributed by atoms with Crippen molar-refractivity contribution in [1.29, 1.82) is 0 Å². The Labute approximate surface area is 214 Å². The summed E-state index contributed by atoms with van der Waals surface area (Å²) in [6, 6.07) is 10.6. The number of benzene rings is 2. The van der Waals surface area contributed by atoms with E-state index in [1.807, 2.05) is 26.0 Å². The molecule has 0 spiro atoms. The molecule has 0 unspecified atom stereocenters. The van der Waals surface area contributed by atoms with Gasteiger partial charge in [0.15, 0.2) is 0 Å². The average Bonchev–Trinajstić information content (AvgIpc) is 3.15. The number of halogens is 1. The fraction of sp³-hybridized carbons (Fsp3) is 0.321. The number of rotatable bonds is 5. The van der Waals surface area contributed by atoms with Crippen molar-refractivity contribution in [1.82, 2.24) is 9.88 Å². The van der Waals surface area contributed by atoms with Gasteiger partial charge < -0.3 is 19.4 Å². The number of amides is 2. The number of anilines is 1. The third-order valence-electron chi connectivity index (χ3n) is 6.03. The summed E-state index contributed by atoms with van der Waals surface area (Å²) < 4.78 is 24.0. The van der Waals surface area contributed by atoms with Crippen molar-refractivity contribution in [3.63, 3.8) is 0 Å². The number of nitrogens with zero attached hydrogens (tertiary/aromatic N) is 1. The van der Waals surface area contributed by atoms with Gasteiger partial charge in [-0.25, -0.2) is 14.0 Å². The third kappa shape index (κ3) is 5.35. The highest BCUT2D eigenvalue weighted by Crippen LogP contribution is 2.41. The lowest BCUT2D eigenvalue weighted by atomic mass is 9.81. The van der Waals surface area contributed by atoms with E-state index in [-0.39, 0.29) is 30.7 Å². The van der Waals surface area contributed by atoms with Crippen molar-refractivity contribution in [3.8, 4) is 0 Å². The van der Waals surface area contributed by atoms with Gasteiger partial charge in [-0.15, -0.1) is 0 Å². The smallest absolute Gasteiger partial charge is 0.411 e. The van der Waals surface area contributed by atoms with Crippen molar-refractivity contribution in [2.45, 2.75) is 46.1 Å². The van der Waals surface area contributed by atoms with Gasteiger partial charge in [0.1, 0.15) is 5.82 Å². The second-order valence-corrected chi connectivity index (χ2v) is 9.80. The van der Waals surface area contributed by atoms with Crippen LogP contribution in [0, 0.1) is 5.82 Å².